The Labute approximate surface area is 274 Å². The molecule has 5 rings (SSSR count). The molecule has 9 nitrogen and oxygen atoms in total. The largest absolute Gasteiger partial charge is 0.493 e. The highest BCUT2D eigenvalue weighted by Crippen LogP contribution is 2.41. The lowest BCUT2D eigenvalue weighted by Gasteiger charge is -2.39. The molecule has 2 aliphatic rings. The van der Waals surface area contributed by atoms with Crippen molar-refractivity contribution in [2.24, 2.45) is 0 Å². The summed E-state index contributed by atoms with van der Waals surface area (Å²) in [6.07, 6.45) is 8.53. The van der Waals surface area contributed by atoms with Gasteiger partial charge in [-0.05, 0) is 54.5 Å². The Hall–Kier alpha value is -4.21. The van der Waals surface area contributed by atoms with Crippen LogP contribution < -0.4 is 23.7 Å². The third kappa shape index (κ3) is 7.26. The van der Waals surface area contributed by atoms with E-state index in [1.807, 2.05) is 18.2 Å². The van der Waals surface area contributed by atoms with E-state index < -0.39 is 0 Å². The first-order valence-electron chi connectivity index (χ1n) is 16.0. The minimum Gasteiger partial charge on any atom is -0.493 e. The second kappa shape index (κ2) is 15.4. The van der Waals surface area contributed by atoms with Gasteiger partial charge in [-0.2, -0.15) is 0 Å². The Morgan fingerprint density at radius 3 is 2.02 bits per heavy atom. The Balaban J connectivity index is 1.20. The van der Waals surface area contributed by atoms with Gasteiger partial charge < -0.3 is 28.6 Å². The van der Waals surface area contributed by atoms with Crippen LogP contribution in [0.3, 0.4) is 0 Å². The van der Waals surface area contributed by atoms with E-state index in [-0.39, 0.29) is 6.04 Å². The molecule has 0 amide bonds. The van der Waals surface area contributed by atoms with Crippen LogP contribution in [0.15, 0.2) is 60.7 Å². The molecule has 0 radical (unpaired) electrons. The molecular weight excluding hydrogens is 580 g/mol. The van der Waals surface area contributed by atoms with E-state index in [0.29, 0.717) is 17.2 Å². The maximum absolute atomic E-state index is 5.67. The lowest BCUT2D eigenvalue weighted by molar-refractivity contribution is 0.113. The van der Waals surface area contributed by atoms with Crippen molar-refractivity contribution in [1.82, 2.24) is 19.7 Å². The molecule has 1 fully saturated rings. The van der Waals surface area contributed by atoms with E-state index in [2.05, 4.69) is 71.2 Å². The second-order valence-electron chi connectivity index (χ2n) is 11.7. The zero-order valence-electron chi connectivity index (χ0n) is 28.3. The van der Waals surface area contributed by atoms with Crippen molar-refractivity contribution in [3.8, 4) is 40.0 Å². The molecular formula is C37H48N4O5. The van der Waals surface area contributed by atoms with Gasteiger partial charge in [0, 0.05) is 63.1 Å². The van der Waals surface area contributed by atoms with Crippen LogP contribution in [-0.2, 0) is 13.0 Å². The van der Waals surface area contributed by atoms with Gasteiger partial charge >= 0.3 is 0 Å². The quantitative estimate of drug-likeness (QED) is 0.235. The van der Waals surface area contributed by atoms with Gasteiger partial charge in [0.2, 0.25) is 5.75 Å². The zero-order valence-corrected chi connectivity index (χ0v) is 28.3. The van der Waals surface area contributed by atoms with Crippen molar-refractivity contribution in [3.05, 3.63) is 77.5 Å². The molecule has 2 aliphatic heterocycles. The average molecular weight is 629 g/mol. The number of ether oxygens (including phenoxy) is 5. The monoisotopic (exact) mass is 628 g/mol. The van der Waals surface area contributed by atoms with Gasteiger partial charge in [-0.25, -0.2) is 0 Å². The summed E-state index contributed by atoms with van der Waals surface area (Å²) in [5, 5.41) is 0. The number of rotatable bonds is 13. The van der Waals surface area contributed by atoms with Crippen LogP contribution in [0.5, 0.6) is 28.7 Å². The normalized spacial score (nSPS) is 17.1. The number of benzene rings is 2. The smallest absolute Gasteiger partial charge is 0.203 e. The van der Waals surface area contributed by atoms with Crippen molar-refractivity contribution in [1.29, 1.82) is 0 Å². The minimum atomic E-state index is 0.253. The van der Waals surface area contributed by atoms with Gasteiger partial charge in [-0.3, -0.25) is 14.8 Å². The Bertz CT molecular complexity index is 1520. The highest BCUT2D eigenvalue weighted by atomic mass is 16.5. The molecule has 0 bridgehead atoms. The van der Waals surface area contributed by atoms with Crippen molar-refractivity contribution in [2.75, 3.05) is 75.3 Å². The molecule has 3 aromatic rings. The van der Waals surface area contributed by atoms with E-state index in [9.17, 15) is 0 Å². The van der Waals surface area contributed by atoms with Crippen LogP contribution in [0, 0.1) is 0 Å². The summed E-state index contributed by atoms with van der Waals surface area (Å²) in [4.78, 5) is 12.5. The van der Waals surface area contributed by atoms with Crippen molar-refractivity contribution >= 4 is 5.70 Å². The van der Waals surface area contributed by atoms with Crippen molar-refractivity contribution in [2.45, 2.75) is 32.4 Å². The third-order valence-electron chi connectivity index (χ3n) is 8.90. The number of piperazine rings is 1. The van der Waals surface area contributed by atoms with Crippen LogP contribution in [0.1, 0.15) is 30.2 Å². The molecule has 1 unspecified atom stereocenters. The van der Waals surface area contributed by atoms with E-state index >= 15 is 0 Å². The lowest BCUT2D eigenvalue weighted by atomic mass is 10.0. The Morgan fingerprint density at radius 1 is 0.761 bits per heavy atom. The molecule has 0 aliphatic carbocycles. The fraction of sp³-hybridized carbons (Fsp3) is 0.432. The number of nitrogens with zero attached hydrogens (tertiary/aromatic N) is 4. The topological polar surface area (TPSA) is 68.8 Å². The summed E-state index contributed by atoms with van der Waals surface area (Å²) < 4.78 is 28.1. The summed E-state index contributed by atoms with van der Waals surface area (Å²) in [7, 11) is 10.5. The van der Waals surface area contributed by atoms with Crippen molar-refractivity contribution < 1.29 is 23.7 Å². The highest BCUT2D eigenvalue weighted by Gasteiger charge is 2.26. The van der Waals surface area contributed by atoms with Gasteiger partial charge in [-0.15, -0.1) is 0 Å². The van der Waals surface area contributed by atoms with Gasteiger partial charge in [-0.1, -0.05) is 31.6 Å². The molecule has 2 aromatic carbocycles. The zero-order chi connectivity index (χ0) is 32.6. The summed E-state index contributed by atoms with van der Waals surface area (Å²) in [5.74, 6) is 3.46. The molecule has 1 aromatic heterocycles. The van der Waals surface area contributed by atoms with Gasteiger partial charge in [0.15, 0.2) is 23.0 Å². The minimum absolute atomic E-state index is 0.253. The molecule has 0 spiro atoms. The third-order valence-corrected chi connectivity index (χ3v) is 8.90. The standard InChI is InChI=1S/C37H48N4O5/c1-8-11-26-20-27(21-33(42-3)36(26)45-6)31-14-9-12-29(38-31)24-40-16-18-41(19-17-40)25-30-13-10-15-32(39(30)2)28-22-34(43-4)37(46-7)35(23-28)44-5/h9-10,12-15,20-23,30H,8,11,16-19,24-25H2,1-7H3. The maximum Gasteiger partial charge on any atom is 0.203 e. The van der Waals surface area contributed by atoms with E-state index in [0.717, 1.165) is 97.4 Å². The molecule has 0 saturated carbocycles. The number of likely N-dealkylation sites (N-methyl/N-ethyl adjacent to an activating group) is 1. The molecule has 1 saturated heterocycles. The van der Waals surface area contributed by atoms with Crippen LogP contribution in [0.2, 0.25) is 0 Å². The molecule has 3 heterocycles. The van der Waals surface area contributed by atoms with Crippen LogP contribution >= 0.6 is 0 Å². The fourth-order valence-electron chi connectivity index (χ4n) is 6.41. The maximum atomic E-state index is 5.67. The number of allylic oxidation sites excluding steroid dienone is 2. The summed E-state index contributed by atoms with van der Waals surface area (Å²) >= 11 is 0. The number of methoxy groups -OCH3 is 5. The number of pyridine rings is 1. The molecule has 46 heavy (non-hydrogen) atoms. The second-order valence-corrected chi connectivity index (χ2v) is 11.7. The fourth-order valence-corrected chi connectivity index (χ4v) is 6.41. The lowest BCUT2D eigenvalue weighted by Crippen LogP contribution is -2.50. The number of aryl methyl sites for hydroxylation is 1. The Morgan fingerprint density at radius 2 is 1.39 bits per heavy atom. The van der Waals surface area contributed by atoms with E-state index in [1.54, 1.807) is 35.5 Å². The first-order chi connectivity index (χ1) is 22.4. The molecule has 9 heteroatoms. The van der Waals surface area contributed by atoms with Crippen LogP contribution in [0.25, 0.3) is 17.0 Å². The average Bonchev–Trinajstić information content (AvgIpc) is 3.09. The SMILES string of the molecule is CCCc1cc(-c2cccc(CN3CCN(CC4C=CC=C(c5cc(OC)c(OC)c(OC)c5)N4C)CC3)n2)cc(OC)c1OC. The predicted octanol–water partition coefficient (Wildman–Crippen LogP) is 5.77. The van der Waals surface area contributed by atoms with E-state index in [1.165, 1.54) is 0 Å². The number of hydrogen-bond acceptors (Lipinski definition) is 9. The first-order valence-corrected chi connectivity index (χ1v) is 16.0. The summed E-state index contributed by atoms with van der Waals surface area (Å²) in [6.45, 7) is 7.98. The summed E-state index contributed by atoms with van der Waals surface area (Å²) in [5.41, 5.74) is 6.38. The predicted molar refractivity (Wildman–Crippen MR) is 183 cm³/mol. The number of hydrogen-bond donors (Lipinski definition) is 0. The van der Waals surface area contributed by atoms with Crippen molar-refractivity contribution in [3.63, 3.8) is 0 Å². The first kappa shape index (κ1) is 33.2. The highest BCUT2D eigenvalue weighted by molar-refractivity contribution is 5.72. The van der Waals surface area contributed by atoms with Gasteiger partial charge in [0.05, 0.1) is 53.0 Å². The van der Waals surface area contributed by atoms with Crippen LogP contribution in [0.4, 0.5) is 0 Å². The van der Waals surface area contributed by atoms with E-state index in [4.69, 9.17) is 28.7 Å². The van der Waals surface area contributed by atoms with Gasteiger partial charge in [0.25, 0.3) is 0 Å². The molecule has 246 valence electrons. The van der Waals surface area contributed by atoms with Gasteiger partial charge in [0.1, 0.15) is 0 Å². The Kier molecular flexibility index (Phi) is 11.1. The molecule has 0 N–H and O–H groups in total. The molecule has 1 atom stereocenters. The van der Waals surface area contributed by atoms with Crippen LogP contribution in [-0.4, -0.2) is 101 Å². The summed E-state index contributed by atoms with van der Waals surface area (Å²) in [6, 6.07) is 14.8. The number of aromatic nitrogens is 1.